The lowest BCUT2D eigenvalue weighted by molar-refractivity contribution is 0.350. The van der Waals surface area contributed by atoms with Crippen molar-refractivity contribution in [2.45, 2.75) is 18.7 Å². The van der Waals surface area contributed by atoms with Crippen LogP contribution in [0, 0.1) is 25.7 Å². The molecule has 2 aromatic rings. The summed E-state index contributed by atoms with van der Waals surface area (Å²) in [7, 11) is -3.66. The largest absolute Gasteiger partial charge is 0.384 e. The molecule has 0 saturated heterocycles. The minimum absolute atomic E-state index is 0.155. The van der Waals surface area contributed by atoms with Gasteiger partial charge >= 0.3 is 0 Å². The maximum absolute atomic E-state index is 12.3. The zero-order chi connectivity index (χ0) is 15.5. The van der Waals surface area contributed by atoms with Gasteiger partial charge in [-0.25, -0.2) is 13.4 Å². The van der Waals surface area contributed by atoms with Crippen LogP contribution in [-0.4, -0.2) is 25.1 Å². The molecule has 0 radical (unpaired) electrons. The zero-order valence-corrected chi connectivity index (χ0v) is 13.2. The van der Waals surface area contributed by atoms with E-state index in [2.05, 4.69) is 21.5 Å². The van der Waals surface area contributed by atoms with Crippen LogP contribution in [0.5, 0.6) is 0 Å². The number of nitrogens with zero attached hydrogens (tertiary/aromatic N) is 1. The van der Waals surface area contributed by atoms with Crippen molar-refractivity contribution in [3.63, 3.8) is 0 Å². The summed E-state index contributed by atoms with van der Waals surface area (Å²) in [5, 5.41) is 9.03. The van der Waals surface area contributed by atoms with E-state index in [-0.39, 0.29) is 11.5 Å². The fourth-order valence-electron chi connectivity index (χ4n) is 1.65. The van der Waals surface area contributed by atoms with Gasteiger partial charge in [0.2, 0.25) is 0 Å². The summed E-state index contributed by atoms with van der Waals surface area (Å²) < 4.78 is 27.0. The maximum atomic E-state index is 12.3. The summed E-state index contributed by atoms with van der Waals surface area (Å²) in [6.45, 7) is 3.40. The van der Waals surface area contributed by atoms with Gasteiger partial charge < -0.3 is 5.11 Å². The van der Waals surface area contributed by atoms with Crippen LogP contribution in [0.2, 0.25) is 0 Å². The molecule has 0 aliphatic heterocycles. The summed E-state index contributed by atoms with van der Waals surface area (Å²) in [5.41, 5.74) is 1.42. The Labute approximate surface area is 127 Å². The SMILES string of the molecule is Cc1cnc(NS(=O)(=O)c2ccc(C#CCO)c(C)c2)s1. The summed E-state index contributed by atoms with van der Waals surface area (Å²) in [5.74, 6) is 5.31. The van der Waals surface area contributed by atoms with Crippen molar-refractivity contribution in [2.24, 2.45) is 0 Å². The molecule has 2 rings (SSSR count). The van der Waals surface area contributed by atoms with Gasteiger partial charge in [-0.1, -0.05) is 11.8 Å². The molecule has 0 saturated carbocycles. The second-order valence-electron chi connectivity index (χ2n) is 4.32. The van der Waals surface area contributed by atoms with E-state index >= 15 is 0 Å². The molecule has 0 bridgehead atoms. The maximum Gasteiger partial charge on any atom is 0.263 e. The van der Waals surface area contributed by atoms with Crippen molar-refractivity contribution in [3.8, 4) is 11.8 Å². The lowest BCUT2D eigenvalue weighted by atomic mass is 10.1. The molecule has 0 spiro atoms. The fourth-order valence-corrected chi connectivity index (χ4v) is 3.65. The van der Waals surface area contributed by atoms with Gasteiger partial charge in [-0.05, 0) is 37.6 Å². The van der Waals surface area contributed by atoms with E-state index in [0.29, 0.717) is 10.7 Å². The molecule has 1 heterocycles. The van der Waals surface area contributed by atoms with Gasteiger partial charge in [0.25, 0.3) is 10.0 Å². The Morgan fingerprint density at radius 2 is 2.14 bits per heavy atom. The molecule has 0 atom stereocenters. The second-order valence-corrected chi connectivity index (χ2v) is 7.24. The van der Waals surface area contributed by atoms with Crippen LogP contribution in [0.1, 0.15) is 16.0 Å². The van der Waals surface area contributed by atoms with Gasteiger partial charge in [-0.3, -0.25) is 4.72 Å². The first-order valence-corrected chi connectivity index (χ1v) is 8.38. The number of thiazole rings is 1. The number of aliphatic hydroxyl groups is 1. The van der Waals surface area contributed by atoms with E-state index in [9.17, 15) is 8.42 Å². The molecule has 0 aliphatic rings. The van der Waals surface area contributed by atoms with Crippen molar-refractivity contribution in [3.05, 3.63) is 40.4 Å². The predicted molar refractivity (Wildman–Crippen MR) is 82.8 cm³/mol. The van der Waals surface area contributed by atoms with Crippen LogP contribution in [0.15, 0.2) is 29.3 Å². The molecule has 1 aromatic heterocycles. The predicted octanol–water partition coefficient (Wildman–Crippen LogP) is 1.90. The van der Waals surface area contributed by atoms with Crippen molar-refractivity contribution in [2.75, 3.05) is 11.3 Å². The van der Waals surface area contributed by atoms with E-state index < -0.39 is 10.0 Å². The van der Waals surface area contributed by atoms with Gasteiger partial charge in [0.05, 0.1) is 4.90 Å². The number of aromatic nitrogens is 1. The number of sulfonamides is 1. The van der Waals surface area contributed by atoms with E-state index in [1.54, 1.807) is 25.3 Å². The summed E-state index contributed by atoms with van der Waals surface area (Å²) >= 11 is 1.28. The number of benzene rings is 1. The number of anilines is 1. The Hall–Kier alpha value is -1.88. The van der Waals surface area contributed by atoms with Crippen LogP contribution < -0.4 is 4.72 Å². The molecule has 0 aliphatic carbocycles. The molecule has 0 fully saturated rings. The van der Waals surface area contributed by atoms with Gasteiger partial charge in [0.1, 0.15) is 6.61 Å². The molecule has 0 unspecified atom stereocenters. The molecule has 21 heavy (non-hydrogen) atoms. The highest BCUT2D eigenvalue weighted by molar-refractivity contribution is 7.93. The van der Waals surface area contributed by atoms with Gasteiger partial charge in [0.15, 0.2) is 5.13 Å². The Kier molecular flexibility index (Phi) is 4.63. The first-order chi connectivity index (χ1) is 9.92. The first kappa shape index (κ1) is 15.5. The minimum Gasteiger partial charge on any atom is -0.384 e. The second kappa shape index (κ2) is 6.26. The molecule has 110 valence electrons. The van der Waals surface area contributed by atoms with Crippen molar-refractivity contribution < 1.29 is 13.5 Å². The fraction of sp³-hybridized carbons (Fsp3) is 0.214. The third-order valence-electron chi connectivity index (χ3n) is 2.65. The van der Waals surface area contributed by atoms with Crippen molar-refractivity contribution in [1.82, 2.24) is 4.98 Å². The number of aliphatic hydroxyl groups excluding tert-OH is 1. The summed E-state index contributed by atoms with van der Waals surface area (Å²) in [6, 6.07) is 4.65. The number of aryl methyl sites for hydroxylation is 2. The monoisotopic (exact) mass is 322 g/mol. The average molecular weight is 322 g/mol. The lowest BCUT2D eigenvalue weighted by Crippen LogP contribution is -2.13. The highest BCUT2D eigenvalue weighted by Crippen LogP contribution is 2.22. The smallest absolute Gasteiger partial charge is 0.263 e. The van der Waals surface area contributed by atoms with Crippen LogP contribution in [0.4, 0.5) is 5.13 Å². The number of hydrogen-bond donors (Lipinski definition) is 2. The third-order valence-corrected chi connectivity index (χ3v) is 4.95. The van der Waals surface area contributed by atoms with Gasteiger partial charge in [0, 0.05) is 16.6 Å². The number of nitrogens with one attached hydrogen (secondary N) is 1. The standard InChI is InChI=1S/C14H14N2O3S2/c1-10-8-13(6-5-12(10)4-3-7-17)21(18,19)16-14-15-9-11(2)20-14/h5-6,8-9,17H,7H2,1-2H3,(H,15,16). The van der Waals surface area contributed by atoms with Crippen LogP contribution >= 0.6 is 11.3 Å². The molecule has 0 amide bonds. The Bertz CT molecular complexity index is 814. The normalized spacial score (nSPS) is 10.8. The Morgan fingerprint density at radius 3 is 2.71 bits per heavy atom. The van der Waals surface area contributed by atoms with Gasteiger partial charge in [-0.2, -0.15) is 0 Å². The van der Waals surface area contributed by atoms with Gasteiger partial charge in [-0.15, -0.1) is 11.3 Å². The van der Waals surface area contributed by atoms with Crippen LogP contribution in [0.3, 0.4) is 0 Å². The molecule has 7 heteroatoms. The average Bonchev–Trinajstić information content (AvgIpc) is 2.82. The first-order valence-electron chi connectivity index (χ1n) is 6.08. The van der Waals surface area contributed by atoms with Crippen molar-refractivity contribution >= 4 is 26.5 Å². The molecule has 2 N–H and O–H groups in total. The zero-order valence-electron chi connectivity index (χ0n) is 11.5. The quantitative estimate of drug-likeness (QED) is 0.846. The van der Waals surface area contributed by atoms with Crippen LogP contribution in [0.25, 0.3) is 0 Å². The molecule has 5 nitrogen and oxygen atoms in total. The summed E-state index contributed by atoms with van der Waals surface area (Å²) in [6.07, 6.45) is 1.61. The van der Waals surface area contributed by atoms with Crippen molar-refractivity contribution in [1.29, 1.82) is 0 Å². The molecule has 1 aromatic carbocycles. The summed E-state index contributed by atoms with van der Waals surface area (Å²) in [4.78, 5) is 5.07. The number of rotatable bonds is 3. The molecular formula is C14H14N2O3S2. The van der Waals surface area contributed by atoms with E-state index in [4.69, 9.17) is 5.11 Å². The van der Waals surface area contributed by atoms with E-state index in [1.807, 2.05) is 6.92 Å². The van der Waals surface area contributed by atoms with Crippen LogP contribution in [-0.2, 0) is 10.0 Å². The minimum atomic E-state index is -3.66. The number of hydrogen-bond acceptors (Lipinski definition) is 5. The highest BCUT2D eigenvalue weighted by atomic mass is 32.2. The highest BCUT2D eigenvalue weighted by Gasteiger charge is 2.16. The Morgan fingerprint density at radius 1 is 1.38 bits per heavy atom. The topological polar surface area (TPSA) is 79.3 Å². The van der Waals surface area contributed by atoms with E-state index in [1.165, 1.54) is 17.4 Å². The lowest BCUT2D eigenvalue weighted by Gasteiger charge is -2.07. The molecular weight excluding hydrogens is 308 g/mol. The third kappa shape index (κ3) is 3.82. The Balaban J connectivity index is 2.30. The van der Waals surface area contributed by atoms with E-state index in [0.717, 1.165) is 10.4 Å².